The monoisotopic (exact) mass is 411 g/mol. The molecule has 10 nitrogen and oxygen atoms in total. The number of hydrogen-bond acceptors (Lipinski definition) is 7. The molecule has 136 valence electrons. The summed E-state index contributed by atoms with van der Waals surface area (Å²) >= 11 is 5.49. The lowest BCUT2D eigenvalue weighted by atomic mass is 10.3. The Labute approximate surface area is 147 Å². The molecule has 3 N–H and O–H groups in total. The van der Waals surface area contributed by atoms with Gasteiger partial charge in [-0.2, -0.15) is 16.8 Å². The van der Waals surface area contributed by atoms with Gasteiger partial charge >= 0.3 is 5.69 Å². The number of rotatable bonds is 3. The third-order valence-corrected chi connectivity index (χ3v) is 4.52. The van der Waals surface area contributed by atoms with Gasteiger partial charge in [0.1, 0.15) is 4.90 Å². The summed E-state index contributed by atoms with van der Waals surface area (Å²) in [5, 5.41) is 19.7. The first-order valence-corrected chi connectivity index (χ1v) is 9.26. The summed E-state index contributed by atoms with van der Waals surface area (Å²) in [7, 11) is -8.57. The Bertz CT molecular complexity index is 986. The minimum Gasteiger partial charge on any atom is -0.502 e. The lowest BCUT2D eigenvalue weighted by molar-refractivity contribution is -0.386. The summed E-state index contributed by atoms with van der Waals surface area (Å²) in [5.41, 5.74) is -0.778. The minimum atomic E-state index is -4.49. The molecule has 0 saturated carbocycles. The molecule has 2 aromatic rings. The van der Waals surface area contributed by atoms with Gasteiger partial charge in [0.15, 0.2) is 5.75 Å². The first kappa shape index (κ1) is 20.8. The number of nitro groups is 1. The molecule has 0 amide bonds. The molecule has 0 bridgehead atoms. The lowest BCUT2D eigenvalue weighted by Crippen LogP contribution is -1.99. The predicted molar refractivity (Wildman–Crippen MR) is 85.8 cm³/mol. The van der Waals surface area contributed by atoms with Gasteiger partial charge in [0.2, 0.25) is 0 Å². The topological polar surface area (TPSA) is 172 Å². The summed E-state index contributed by atoms with van der Waals surface area (Å²) < 4.78 is 59.1. The first-order chi connectivity index (χ1) is 11.3. The minimum absolute atomic E-state index is 0.151. The van der Waals surface area contributed by atoms with Gasteiger partial charge < -0.3 is 5.11 Å². The van der Waals surface area contributed by atoms with Gasteiger partial charge in [-0.05, 0) is 36.4 Å². The summed E-state index contributed by atoms with van der Waals surface area (Å²) in [6.45, 7) is 0. The number of hydrogen-bond donors (Lipinski definition) is 3. The molecular weight excluding hydrogens is 402 g/mol. The lowest BCUT2D eigenvalue weighted by Gasteiger charge is -1.98. The van der Waals surface area contributed by atoms with Crippen molar-refractivity contribution in [2.24, 2.45) is 0 Å². The third kappa shape index (κ3) is 6.28. The molecule has 0 radical (unpaired) electrons. The maximum absolute atomic E-state index is 10.6. The zero-order chi connectivity index (χ0) is 19.4. The predicted octanol–water partition coefficient (Wildman–Crippen LogP) is 2.13. The molecule has 13 heteroatoms. The van der Waals surface area contributed by atoms with Gasteiger partial charge in [0.05, 0.1) is 9.82 Å². The molecule has 25 heavy (non-hydrogen) atoms. The number of phenols is 1. The van der Waals surface area contributed by atoms with Crippen LogP contribution in [0.25, 0.3) is 0 Å². The Morgan fingerprint density at radius 1 is 0.880 bits per heavy atom. The molecule has 2 rings (SSSR count). The van der Waals surface area contributed by atoms with Gasteiger partial charge in [-0.3, -0.25) is 19.2 Å². The highest BCUT2D eigenvalue weighted by atomic mass is 35.5. The summed E-state index contributed by atoms with van der Waals surface area (Å²) in [6, 6.07) is 7.51. The highest BCUT2D eigenvalue weighted by molar-refractivity contribution is 7.86. The van der Waals surface area contributed by atoms with E-state index in [2.05, 4.69) is 0 Å². The maximum Gasteiger partial charge on any atom is 0.312 e. The van der Waals surface area contributed by atoms with Crippen molar-refractivity contribution in [2.45, 2.75) is 9.79 Å². The molecule has 0 aliphatic heterocycles. The Hall–Kier alpha value is -2.25. The Balaban J connectivity index is 0.000000257. The van der Waals surface area contributed by atoms with Crippen LogP contribution in [0.15, 0.2) is 52.3 Å². The summed E-state index contributed by atoms with van der Waals surface area (Å²) in [5.74, 6) is -0.664. The van der Waals surface area contributed by atoms with Crippen LogP contribution in [-0.2, 0) is 20.2 Å². The Morgan fingerprint density at radius 3 is 1.72 bits per heavy atom. The molecule has 2 aromatic carbocycles. The molecule has 0 unspecified atom stereocenters. The highest BCUT2D eigenvalue weighted by Gasteiger charge is 2.18. The van der Waals surface area contributed by atoms with Crippen LogP contribution in [-0.4, -0.2) is 36.0 Å². The number of benzene rings is 2. The first-order valence-electron chi connectivity index (χ1n) is 6.00. The van der Waals surface area contributed by atoms with E-state index in [1.165, 1.54) is 24.3 Å². The summed E-state index contributed by atoms with van der Waals surface area (Å²) in [4.78, 5) is 8.53. The highest BCUT2D eigenvalue weighted by Crippen LogP contribution is 2.27. The van der Waals surface area contributed by atoms with E-state index in [-0.39, 0.29) is 4.90 Å². The Morgan fingerprint density at radius 2 is 1.32 bits per heavy atom. The van der Waals surface area contributed by atoms with Crippen LogP contribution in [0.5, 0.6) is 5.75 Å². The van der Waals surface area contributed by atoms with Crippen LogP contribution in [0.2, 0.25) is 5.02 Å². The van der Waals surface area contributed by atoms with Crippen LogP contribution < -0.4 is 0 Å². The quantitative estimate of drug-likeness (QED) is 0.388. The van der Waals surface area contributed by atoms with Gasteiger partial charge in [-0.15, -0.1) is 0 Å². The van der Waals surface area contributed by atoms with Crippen LogP contribution in [0.3, 0.4) is 0 Å². The van der Waals surface area contributed by atoms with Gasteiger partial charge in [0.25, 0.3) is 20.2 Å². The molecular formula is C12H10ClNO9S2. The SMILES string of the molecule is O=S(=O)(O)c1ccc(Cl)cc1.O=[N+]([O-])c1cc(S(=O)(=O)O)ccc1O. The number of halogens is 1. The standard InChI is InChI=1S/C6H5ClO3S.C6H5NO6S/c7-5-1-3-6(4-2-5)11(8,9)10;8-6-2-1-4(14(11,12)13)3-5(6)7(9)10/h1-4H,(H,8,9,10);1-3,8H,(H,11,12,13). The molecule has 0 aromatic heterocycles. The van der Waals surface area contributed by atoms with E-state index in [1.54, 1.807) is 0 Å². The van der Waals surface area contributed by atoms with Crippen LogP contribution >= 0.6 is 11.6 Å². The molecule has 0 fully saturated rings. The number of nitrogens with zero attached hydrogens (tertiary/aromatic N) is 1. The van der Waals surface area contributed by atoms with Crippen molar-refractivity contribution >= 4 is 37.5 Å². The maximum atomic E-state index is 10.6. The van der Waals surface area contributed by atoms with E-state index < -0.39 is 41.5 Å². The van der Waals surface area contributed by atoms with E-state index >= 15 is 0 Å². The average Bonchev–Trinajstić information content (AvgIpc) is 2.46. The fourth-order valence-electron chi connectivity index (χ4n) is 1.42. The van der Waals surface area contributed by atoms with Crippen molar-refractivity contribution in [1.82, 2.24) is 0 Å². The number of phenolic OH excluding ortho intramolecular Hbond substituents is 1. The van der Waals surface area contributed by atoms with Crippen LogP contribution in [0, 0.1) is 10.1 Å². The van der Waals surface area contributed by atoms with Crippen molar-refractivity contribution in [3.63, 3.8) is 0 Å². The van der Waals surface area contributed by atoms with E-state index in [9.17, 15) is 26.9 Å². The molecule has 0 heterocycles. The van der Waals surface area contributed by atoms with E-state index in [0.717, 1.165) is 12.1 Å². The molecule has 0 aliphatic carbocycles. The zero-order valence-electron chi connectivity index (χ0n) is 12.0. The van der Waals surface area contributed by atoms with Crippen molar-refractivity contribution in [1.29, 1.82) is 0 Å². The van der Waals surface area contributed by atoms with E-state index in [4.69, 9.17) is 25.8 Å². The molecule has 0 aliphatic rings. The average molecular weight is 412 g/mol. The smallest absolute Gasteiger partial charge is 0.312 e. The zero-order valence-corrected chi connectivity index (χ0v) is 14.4. The fraction of sp³-hybridized carbons (Fsp3) is 0. The molecule has 0 spiro atoms. The van der Waals surface area contributed by atoms with Crippen molar-refractivity contribution < 1.29 is 36.0 Å². The van der Waals surface area contributed by atoms with Gasteiger partial charge in [0, 0.05) is 11.1 Å². The second-order valence-corrected chi connectivity index (χ2v) is 7.59. The molecule has 0 saturated heterocycles. The fourth-order valence-corrected chi connectivity index (χ4v) is 2.52. The van der Waals surface area contributed by atoms with E-state index in [0.29, 0.717) is 11.1 Å². The van der Waals surface area contributed by atoms with Crippen molar-refractivity contribution in [3.8, 4) is 5.75 Å². The largest absolute Gasteiger partial charge is 0.502 e. The normalized spacial score (nSPS) is 11.3. The van der Waals surface area contributed by atoms with Crippen LogP contribution in [0.4, 0.5) is 5.69 Å². The second-order valence-electron chi connectivity index (χ2n) is 4.31. The third-order valence-electron chi connectivity index (χ3n) is 2.55. The van der Waals surface area contributed by atoms with Crippen LogP contribution in [0.1, 0.15) is 0 Å². The second kappa shape index (κ2) is 7.76. The number of aromatic hydroxyl groups is 1. The van der Waals surface area contributed by atoms with Gasteiger partial charge in [-0.25, -0.2) is 0 Å². The number of nitro benzene ring substituents is 1. The van der Waals surface area contributed by atoms with Gasteiger partial charge in [-0.1, -0.05) is 11.6 Å². The molecule has 0 atom stereocenters. The Kier molecular flexibility index (Phi) is 6.45. The van der Waals surface area contributed by atoms with E-state index in [1.807, 2.05) is 0 Å². The summed E-state index contributed by atoms with van der Waals surface area (Å²) in [6.07, 6.45) is 0. The van der Waals surface area contributed by atoms with Crippen molar-refractivity contribution in [3.05, 3.63) is 57.6 Å². The van der Waals surface area contributed by atoms with Crippen molar-refractivity contribution in [2.75, 3.05) is 0 Å².